The van der Waals surface area contributed by atoms with Gasteiger partial charge in [0, 0.05) is 28.4 Å². The molecule has 32 heavy (non-hydrogen) atoms. The summed E-state index contributed by atoms with van der Waals surface area (Å²) >= 11 is 7.52. The second-order valence-corrected chi connectivity index (χ2v) is 9.44. The number of benzene rings is 3. The van der Waals surface area contributed by atoms with Crippen LogP contribution in [0.15, 0.2) is 72.8 Å². The van der Waals surface area contributed by atoms with E-state index in [1.54, 1.807) is 41.2 Å². The van der Waals surface area contributed by atoms with Crippen LogP contribution in [0.3, 0.4) is 0 Å². The maximum atomic E-state index is 14.0. The summed E-state index contributed by atoms with van der Waals surface area (Å²) in [5, 5.41) is 0.563. The van der Waals surface area contributed by atoms with Crippen molar-refractivity contribution in [3.63, 3.8) is 0 Å². The van der Waals surface area contributed by atoms with E-state index in [4.69, 9.17) is 16.3 Å². The second-order valence-electron chi connectivity index (χ2n) is 7.72. The molecule has 3 aromatic rings. The van der Waals surface area contributed by atoms with Crippen molar-refractivity contribution in [1.29, 1.82) is 0 Å². The fraction of sp³-hybridized carbons (Fsp3) is 0.200. The van der Waals surface area contributed by atoms with Crippen molar-refractivity contribution in [2.45, 2.75) is 11.4 Å². The van der Waals surface area contributed by atoms with Crippen molar-refractivity contribution in [3.8, 4) is 5.75 Å². The van der Waals surface area contributed by atoms with Gasteiger partial charge in [-0.25, -0.2) is 0 Å². The van der Waals surface area contributed by atoms with Crippen LogP contribution in [0.4, 0.5) is 5.69 Å². The molecule has 1 saturated heterocycles. The Balaban J connectivity index is 1.61. The van der Waals surface area contributed by atoms with Crippen LogP contribution in [-0.4, -0.2) is 36.1 Å². The molecule has 5 nitrogen and oxygen atoms in total. The molecule has 2 amide bonds. The van der Waals surface area contributed by atoms with Crippen molar-refractivity contribution in [2.75, 3.05) is 24.3 Å². The van der Waals surface area contributed by atoms with E-state index in [2.05, 4.69) is 0 Å². The third kappa shape index (κ3) is 3.26. The molecule has 162 valence electrons. The molecule has 0 saturated carbocycles. The molecule has 5 rings (SSSR count). The Hall–Kier alpha value is -2.96. The lowest BCUT2D eigenvalue weighted by Crippen LogP contribution is -2.50. The van der Waals surface area contributed by atoms with E-state index in [0.29, 0.717) is 35.2 Å². The van der Waals surface area contributed by atoms with Gasteiger partial charge < -0.3 is 14.5 Å². The van der Waals surface area contributed by atoms with Crippen LogP contribution in [0.1, 0.15) is 21.5 Å². The van der Waals surface area contributed by atoms with Crippen LogP contribution in [0, 0.1) is 0 Å². The van der Waals surface area contributed by atoms with Crippen molar-refractivity contribution in [1.82, 2.24) is 4.90 Å². The van der Waals surface area contributed by atoms with Crippen LogP contribution in [-0.2, 0) is 16.2 Å². The normalized spacial score (nSPS) is 19.5. The third-order valence-corrected chi connectivity index (χ3v) is 7.59. The first-order valence-electron chi connectivity index (χ1n) is 10.3. The Morgan fingerprint density at radius 1 is 1.09 bits per heavy atom. The number of rotatable bonds is 4. The van der Waals surface area contributed by atoms with Gasteiger partial charge in [-0.05, 0) is 48.0 Å². The zero-order valence-corrected chi connectivity index (χ0v) is 19.0. The average molecular weight is 465 g/mol. The topological polar surface area (TPSA) is 49.9 Å². The molecule has 1 atom stereocenters. The van der Waals surface area contributed by atoms with Gasteiger partial charge in [-0.1, -0.05) is 41.9 Å². The van der Waals surface area contributed by atoms with E-state index in [1.807, 2.05) is 48.5 Å². The number of nitrogens with zero attached hydrogens (tertiary/aromatic N) is 2. The minimum absolute atomic E-state index is 0.102. The Labute approximate surface area is 195 Å². The minimum Gasteiger partial charge on any atom is -0.497 e. The van der Waals surface area contributed by atoms with Gasteiger partial charge >= 0.3 is 0 Å². The molecule has 0 aromatic heterocycles. The first kappa shape index (κ1) is 20.9. The Kier molecular flexibility index (Phi) is 5.35. The largest absolute Gasteiger partial charge is 0.497 e. The molecule has 2 aliphatic heterocycles. The van der Waals surface area contributed by atoms with Gasteiger partial charge in [-0.3, -0.25) is 9.59 Å². The average Bonchev–Trinajstić information content (AvgIpc) is 3.36. The summed E-state index contributed by atoms with van der Waals surface area (Å²) in [5.41, 5.74) is 3.14. The zero-order valence-electron chi connectivity index (χ0n) is 17.5. The molecule has 0 radical (unpaired) electrons. The second kappa shape index (κ2) is 8.19. The number of hydrogen-bond donors (Lipinski definition) is 0. The molecule has 7 heteroatoms. The summed E-state index contributed by atoms with van der Waals surface area (Å²) < 4.78 is 5.47. The predicted molar refractivity (Wildman–Crippen MR) is 127 cm³/mol. The number of halogens is 1. The fourth-order valence-electron chi connectivity index (χ4n) is 4.39. The van der Waals surface area contributed by atoms with Gasteiger partial charge in [0.25, 0.3) is 11.8 Å². The van der Waals surface area contributed by atoms with Crippen LogP contribution in [0.2, 0.25) is 5.02 Å². The van der Waals surface area contributed by atoms with Crippen molar-refractivity contribution >= 4 is 40.9 Å². The highest BCUT2D eigenvalue weighted by Gasteiger charge is 2.59. The summed E-state index contributed by atoms with van der Waals surface area (Å²) in [6.45, 7) is 0.915. The van der Waals surface area contributed by atoms with Crippen LogP contribution < -0.4 is 9.64 Å². The monoisotopic (exact) mass is 464 g/mol. The number of methoxy groups -OCH3 is 1. The lowest BCUT2D eigenvalue weighted by atomic mass is 10.0. The molecular formula is C25H21ClN2O3S. The maximum Gasteiger partial charge on any atom is 0.268 e. The smallest absolute Gasteiger partial charge is 0.268 e. The standard InChI is InChI=1S/C25H21ClN2O3S/c1-31-20-11-12-22-21(15-20)25(24(30)27(22)16-17-5-3-2-4-6-17)28(13-14-32-25)23(29)18-7-9-19(26)10-8-18/h2-12,15H,13-14,16H2,1H3/t25-/m1/s1. The number of ether oxygens (including phenoxy) is 1. The van der Waals surface area contributed by atoms with E-state index in [0.717, 1.165) is 16.8 Å². The van der Waals surface area contributed by atoms with Gasteiger partial charge in [-0.2, -0.15) is 0 Å². The number of carbonyl (C=O) groups excluding carboxylic acids is 2. The lowest BCUT2D eigenvalue weighted by Gasteiger charge is -2.33. The van der Waals surface area contributed by atoms with E-state index in [9.17, 15) is 9.59 Å². The molecule has 1 fully saturated rings. The Morgan fingerprint density at radius 3 is 2.56 bits per heavy atom. The van der Waals surface area contributed by atoms with E-state index in [1.165, 1.54) is 11.8 Å². The highest BCUT2D eigenvalue weighted by molar-refractivity contribution is 8.01. The first-order chi connectivity index (χ1) is 15.5. The lowest BCUT2D eigenvalue weighted by molar-refractivity contribution is -0.123. The zero-order chi connectivity index (χ0) is 22.3. The van der Waals surface area contributed by atoms with Gasteiger partial charge in [0.15, 0.2) is 4.87 Å². The molecule has 0 N–H and O–H groups in total. The molecule has 2 heterocycles. The molecule has 2 aliphatic rings. The molecule has 0 unspecified atom stereocenters. The molecule has 3 aromatic carbocycles. The fourth-order valence-corrected chi connectivity index (χ4v) is 5.97. The Bertz CT molecular complexity index is 1190. The van der Waals surface area contributed by atoms with E-state index >= 15 is 0 Å². The number of carbonyl (C=O) groups is 2. The van der Waals surface area contributed by atoms with Crippen molar-refractivity contribution < 1.29 is 14.3 Å². The number of amides is 2. The number of fused-ring (bicyclic) bond motifs is 2. The van der Waals surface area contributed by atoms with E-state index < -0.39 is 4.87 Å². The SMILES string of the molecule is COc1ccc2c(c1)[C@@]1(SCCN1C(=O)c1ccc(Cl)cc1)C(=O)N2Cc1ccccc1. The number of thioether (sulfide) groups is 1. The first-order valence-corrected chi connectivity index (χ1v) is 11.7. The van der Waals surface area contributed by atoms with E-state index in [-0.39, 0.29) is 11.8 Å². The molecule has 0 bridgehead atoms. The number of hydrogen-bond acceptors (Lipinski definition) is 4. The summed E-state index contributed by atoms with van der Waals surface area (Å²) in [6.07, 6.45) is 0. The molecule has 0 aliphatic carbocycles. The maximum absolute atomic E-state index is 14.0. The summed E-state index contributed by atoms with van der Waals surface area (Å²) in [6, 6.07) is 22.3. The van der Waals surface area contributed by atoms with Crippen LogP contribution in [0.25, 0.3) is 0 Å². The summed E-state index contributed by atoms with van der Waals surface area (Å²) in [7, 11) is 1.60. The summed E-state index contributed by atoms with van der Waals surface area (Å²) in [5.74, 6) is 1.04. The minimum atomic E-state index is -1.12. The van der Waals surface area contributed by atoms with Crippen molar-refractivity contribution in [3.05, 3.63) is 94.5 Å². The molecular weight excluding hydrogens is 444 g/mol. The van der Waals surface area contributed by atoms with Crippen molar-refractivity contribution in [2.24, 2.45) is 0 Å². The number of anilines is 1. The van der Waals surface area contributed by atoms with Gasteiger partial charge in [0.1, 0.15) is 5.75 Å². The quantitative estimate of drug-likeness (QED) is 0.549. The van der Waals surface area contributed by atoms with Gasteiger partial charge in [0.2, 0.25) is 0 Å². The Morgan fingerprint density at radius 2 is 1.84 bits per heavy atom. The van der Waals surface area contributed by atoms with Gasteiger partial charge in [-0.15, -0.1) is 11.8 Å². The van der Waals surface area contributed by atoms with Gasteiger partial charge in [0.05, 0.1) is 19.3 Å². The molecule has 1 spiro atoms. The summed E-state index contributed by atoms with van der Waals surface area (Å²) in [4.78, 5) is 30.0. The highest BCUT2D eigenvalue weighted by Crippen LogP contribution is 2.55. The highest BCUT2D eigenvalue weighted by atomic mass is 35.5. The third-order valence-electron chi connectivity index (χ3n) is 5.92. The predicted octanol–water partition coefficient (Wildman–Crippen LogP) is 4.94. The van der Waals surface area contributed by atoms with Crippen LogP contribution >= 0.6 is 23.4 Å². The van der Waals surface area contributed by atoms with Crippen LogP contribution in [0.5, 0.6) is 5.75 Å².